The first-order valence-electron chi connectivity index (χ1n) is 7.20. The standard InChI is InChI=1S/C13H21N3.C2H6/c1-5-16-7-6-12-11(8-16)13(9(2)3)15-10(4)14-12;1-2/h9H,5-8H2,1-4H3;1-2H3. The van der Waals surface area contributed by atoms with Crippen LogP contribution in [0, 0.1) is 6.92 Å². The number of hydrogen-bond donors (Lipinski definition) is 0. The third-order valence-corrected chi connectivity index (χ3v) is 3.28. The number of hydrogen-bond acceptors (Lipinski definition) is 3. The minimum absolute atomic E-state index is 0.493. The van der Waals surface area contributed by atoms with Crippen LogP contribution in [-0.2, 0) is 13.0 Å². The molecule has 0 N–H and O–H groups in total. The van der Waals surface area contributed by atoms with Crippen LogP contribution in [0.5, 0.6) is 0 Å². The summed E-state index contributed by atoms with van der Waals surface area (Å²) in [6, 6.07) is 0. The first-order valence-corrected chi connectivity index (χ1v) is 7.20. The van der Waals surface area contributed by atoms with E-state index < -0.39 is 0 Å². The number of nitrogens with zero attached hydrogens (tertiary/aromatic N) is 3. The van der Waals surface area contributed by atoms with Gasteiger partial charge in [-0.25, -0.2) is 9.97 Å². The molecule has 0 unspecified atom stereocenters. The zero-order chi connectivity index (χ0) is 13.7. The molecule has 0 aliphatic carbocycles. The minimum Gasteiger partial charge on any atom is -0.299 e. The summed E-state index contributed by atoms with van der Waals surface area (Å²) >= 11 is 0. The fourth-order valence-electron chi connectivity index (χ4n) is 2.37. The highest BCUT2D eigenvalue weighted by Crippen LogP contribution is 2.25. The van der Waals surface area contributed by atoms with Gasteiger partial charge in [-0.2, -0.15) is 0 Å². The van der Waals surface area contributed by atoms with Crippen molar-refractivity contribution in [2.75, 3.05) is 13.1 Å². The van der Waals surface area contributed by atoms with Gasteiger partial charge in [0.25, 0.3) is 0 Å². The molecule has 0 fully saturated rings. The van der Waals surface area contributed by atoms with Crippen LogP contribution in [0.15, 0.2) is 0 Å². The van der Waals surface area contributed by atoms with Crippen LogP contribution >= 0.6 is 0 Å². The molecule has 1 aliphatic heterocycles. The molecule has 0 saturated heterocycles. The molecule has 1 aromatic rings. The van der Waals surface area contributed by atoms with Gasteiger partial charge in [-0.15, -0.1) is 0 Å². The van der Waals surface area contributed by atoms with Crippen LogP contribution in [0.1, 0.15) is 63.3 Å². The average Bonchev–Trinajstić information content (AvgIpc) is 2.39. The first-order chi connectivity index (χ1) is 8.61. The number of likely N-dealkylation sites (N-methyl/N-ethyl adjacent to an activating group) is 1. The molecule has 0 atom stereocenters. The predicted molar refractivity (Wildman–Crippen MR) is 76.9 cm³/mol. The molecule has 0 saturated carbocycles. The van der Waals surface area contributed by atoms with Crippen molar-refractivity contribution in [3.63, 3.8) is 0 Å². The lowest BCUT2D eigenvalue weighted by molar-refractivity contribution is 0.263. The van der Waals surface area contributed by atoms with Crippen LogP contribution in [-0.4, -0.2) is 28.0 Å². The van der Waals surface area contributed by atoms with Gasteiger partial charge in [0.05, 0.1) is 11.4 Å². The fourth-order valence-corrected chi connectivity index (χ4v) is 2.37. The Morgan fingerprint density at radius 3 is 2.44 bits per heavy atom. The minimum atomic E-state index is 0.493. The van der Waals surface area contributed by atoms with E-state index in [0.717, 1.165) is 31.9 Å². The quantitative estimate of drug-likeness (QED) is 0.805. The lowest BCUT2D eigenvalue weighted by Gasteiger charge is -2.29. The van der Waals surface area contributed by atoms with Crippen molar-refractivity contribution >= 4 is 0 Å². The van der Waals surface area contributed by atoms with E-state index in [1.54, 1.807) is 0 Å². The molecule has 0 radical (unpaired) electrons. The zero-order valence-corrected chi connectivity index (χ0v) is 12.7. The molecule has 18 heavy (non-hydrogen) atoms. The zero-order valence-electron chi connectivity index (χ0n) is 12.7. The second kappa shape index (κ2) is 6.83. The number of rotatable bonds is 2. The van der Waals surface area contributed by atoms with E-state index in [0.29, 0.717) is 5.92 Å². The molecule has 2 heterocycles. The molecule has 3 nitrogen and oxygen atoms in total. The van der Waals surface area contributed by atoms with Gasteiger partial charge in [0, 0.05) is 25.1 Å². The number of aryl methyl sites for hydroxylation is 1. The fraction of sp³-hybridized carbons (Fsp3) is 0.733. The van der Waals surface area contributed by atoms with Gasteiger partial charge in [0.15, 0.2) is 0 Å². The molecule has 0 aromatic carbocycles. The van der Waals surface area contributed by atoms with E-state index in [2.05, 4.69) is 35.6 Å². The molecular formula is C15H27N3. The first kappa shape index (κ1) is 15.1. The Morgan fingerprint density at radius 1 is 1.22 bits per heavy atom. The molecule has 2 rings (SSSR count). The van der Waals surface area contributed by atoms with Crippen molar-refractivity contribution in [2.45, 2.75) is 60.4 Å². The lowest BCUT2D eigenvalue weighted by Crippen LogP contribution is -2.32. The van der Waals surface area contributed by atoms with Crippen LogP contribution in [0.3, 0.4) is 0 Å². The van der Waals surface area contributed by atoms with E-state index in [1.165, 1.54) is 17.0 Å². The van der Waals surface area contributed by atoms with Gasteiger partial charge in [0.2, 0.25) is 0 Å². The molecular weight excluding hydrogens is 222 g/mol. The Hall–Kier alpha value is -0.960. The molecule has 3 heteroatoms. The molecule has 1 aliphatic rings. The lowest BCUT2D eigenvalue weighted by atomic mass is 9.97. The average molecular weight is 249 g/mol. The van der Waals surface area contributed by atoms with Crippen LogP contribution in [0.2, 0.25) is 0 Å². The van der Waals surface area contributed by atoms with E-state index in [1.807, 2.05) is 20.8 Å². The summed E-state index contributed by atoms with van der Waals surface area (Å²) in [5.74, 6) is 1.42. The highest BCUT2D eigenvalue weighted by Gasteiger charge is 2.21. The Balaban J connectivity index is 0.000000771. The van der Waals surface area contributed by atoms with Crippen molar-refractivity contribution in [2.24, 2.45) is 0 Å². The summed E-state index contributed by atoms with van der Waals surface area (Å²) in [4.78, 5) is 11.7. The van der Waals surface area contributed by atoms with E-state index in [4.69, 9.17) is 0 Å². The maximum Gasteiger partial charge on any atom is 0.125 e. The summed E-state index contributed by atoms with van der Waals surface area (Å²) in [6.07, 6.45) is 1.08. The largest absolute Gasteiger partial charge is 0.299 e. The maximum absolute atomic E-state index is 4.62. The van der Waals surface area contributed by atoms with Crippen molar-refractivity contribution in [1.29, 1.82) is 0 Å². The smallest absolute Gasteiger partial charge is 0.125 e. The SMILES string of the molecule is CC.CCN1CCc2nc(C)nc(C(C)C)c2C1. The maximum atomic E-state index is 4.62. The van der Waals surface area contributed by atoms with Crippen LogP contribution < -0.4 is 0 Å². The van der Waals surface area contributed by atoms with Gasteiger partial charge in [0.1, 0.15) is 5.82 Å². The molecule has 0 amide bonds. The normalized spacial score (nSPS) is 15.1. The van der Waals surface area contributed by atoms with Gasteiger partial charge >= 0.3 is 0 Å². The molecule has 1 aromatic heterocycles. The Morgan fingerprint density at radius 2 is 1.89 bits per heavy atom. The van der Waals surface area contributed by atoms with Crippen molar-refractivity contribution in [3.05, 3.63) is 22.8 Å². The van der Waals surface area contributed by atoms with Crippen molar-refractivity contribution in [1.82, 2.24) is 14.9 Å². The summed E-state index contributed by atoms with van der Waals surface area (Å²) in [6.45, 7) is 15.9. The van der Waals surface area contributed by atoms with E-state index in [-0.39, 0.29) is 0 Å². The second-order valence-corrected chi connectivity index (χ2v) is 4.85. The second-order valence-electron chi connectivity index (χ2n) is 4.85. The van der Waals surface area contributed by atoms with E-state index in [9.17, 15) is 0 Å². The molecule has 0 bridgehead atoms. The summed E-state index contributed by atoms with van der Waals surface area (Å²) in [7, 11) is 0. The molecule has 0 spiro atoms. The third-order valence-electron chi connectivity index (χ3n) is 3.28. The number of aromatic nitrogens is 2. The topological polar surface area (TPSA) is 29.0 Å². The van der Waals surface area contributed by atoms with Gasteiger partial charge in [-0.1, -0.05) is 34.6 Å². The van der Waals surface area contributed by atoms with Gasteiger partial charge in [-0.05, 0) is 19.4 Å². The summed E-state index contributed by atoms with van der Waals surface area (Å²) < 4.78 is 0. The Bertz CT molecular complexity index is 386. The predicted octanol–water partition coefficient (Wildman–Crippen LogP) is 3.31. The third kappa shape index (κ3) is 3.29. The van der Waals surface area contributed by atoms with Gasteiger partial charge in [-0.3, -0.25) is 4.90 Å². The van der Waals surface area contributed by atoms with E-state index >= 15 is 0 Å². The van der Waals surface area contributed by atoms with Gasteiger partial charge < -0.3 is 0 Å². The molecule has 102 valence electrons. The number of fused-ring (bicyclic) bond motifs is 1. The Kier molecular flexibility index (Phi) is 5.73. The van der Waals surface area contributed by atoms with Crippen molar-refractivity contribution < 1.29 is 0 Å². The highest BCUT2D eigenvalue weighted by atomic mass is 15.1. The summed E-state index contributed by atoms with van der Waals surface area (Å²) in [5.41, 5.74) is 3.91. The van der Waals surface area contributed by atoms with Crippen LogP contribution in [0.4, 0.5) is 0 Å². The van der Waals surface area contributed by atoms with Crippen LogP contribution in [0.25, 0.3) is 0 Å². The Labute approximate surface area is 112 Å². The monoisotopic (exact) mass is 249 g/mol. The summed E-state index contributed by atoms with van der Waals surface area (Å²) in [5, 5.41) is 0. The van der Waals surface area contributed by atoms with Crippen molar-refractivity contribution in [3.8, 4) is 0 Å². The highest BCUT2D eigenvalue weighted by molar-refractivity contribution is 5.30.